The van der Waals surface area contributed by atoms with Crippen molar-refractivity contribution in [1.82, 2.24) is 10.6 Å². The van der Waals surface area contributed by atoms with Gasteiger partial charge >= 0.3 is 6.03 Å². The zero-order chi connectivity index (χ0) is 14.7. The summed E-state index contributed by atoms with van der Waals surface area (Å²) >= 11 is 0. The van der Waals surface area contributed by atoms with Crippen LogP contribution in [0.4, 0.5) is 10.5 Å². The van der Waals surface area contributed by atoms with Gasteiger partial charge in [-0.15, -0.1) is 0 Å². The number of benzene rings is 1. The lowest BCUT2D eigenvalue weighted by atomic mass is 10.1. The molecule has 1 aromatic rings. The molecule has 2 N–H and O–H groups in total. The molecule has 0 radical (unpaired) electrons. The molecule has 6 nitrogen and oxygen atoms in total. The fraction of sp³-hybridized carbons (Fsp3) is 0.429. The third-order valence-electron chi connectivity index (χ3n) is 3.10. The Balaban J connectivity index is 2.16. The van der Waals surface area contributed by atoms with Crippen LogP contribution >= 0.6 is 0 Å². The lowest BCUT2D eigenvalue weighted by Crippen LogP contribution is -2.47. The van der Waals surface area contributed by atoms with Crippen LogP contribution in [0.3, 0.4) is 0 Å². The SMILES string of the molecule is CNC(=O)NCC(=O)N1C[C@H](C)Oc2cc(C)ccc21. The standard InChI is InChI=1S/C14H19N3O3/c1-9-4-5-11-12(6-9)20-10(2)8-17(11)13(18)7-16-14(19)15-3/h4-6,10H,7-8H2,1-3H3,(H2,15,16,19)/t10-/m0/s1. The summed E-state index contributed by atoms with van der Waals surface area (Å²) in [6.07, 6.45) is -0.0757. The number of nitrogens with zero attached hydrogens (tertiary/aromatic N) is 1. The van der Waals surface area contributed by atoms with Gasteiger partial charge in [0.2, 0.25) is 5.91 Å². The number of carbonyl (C=O) groups is 2. The van der Waals surface area contributed by atoms with Gasteiger partial charge in [-0.2, -0.15) is 0 Å². The molecule has 0 aromatic heterocycles. The number of amides is 3. The molecule has 0 aliphatic carbocycles. The topological polar surface area (TPSA) is 70.7 Å². The molecular weight excluding hydrogens is 258 g/mol. The van der Waals surface area contributed by atoms with E-state index in [-0.39, 0.29) is 24.6 Å². The van der Waals surface area contributed by atoms with Crippen LogP contribution in [0.1, 0.15) is 12.5 Å². The molecule has 2 rings (SSSR count). The predicted molar refractivity (Wildman–Crippen MR) is 76.1 cm³/mol. The second-order valence-electron chi connectivity index (χ2n) is 4.84. The van der Waals surface area contributed by atoms with Crippen molar-refractivity contribution in [2.75, 3.05) is 25.0 Å². The Morgan fingerprint density at radius 3 is 2.90 bits per heavy atom. The maximum Gasteiger partial charge on any atom is 0.314 e. The molecule has 1 aliphatic rings. The molecule has 1 atom stereocenters. The normalized spacial score (nSPS) is 16.9. The molecule has 1 aliphatic heterocycles. The lowest BCUT2D eigenvalue weighted by Gasteiger charge is -2.33. The van der Waals surface area contributed by atoms with Crippen molar-refractivity contribution in [3.63, 3.8) is 0 Å². The minimum Gasteiger partial charge on any atom is -0.487 e. The van der Waals surface area contributed by atoms with Crippen LogP contribution < -0.4 is 20.3 Å². The van der Waals surface area contributed by atoms with Crippen molar-refractivity contribution in [1.29, 1.82) is 0 Å². The number of fused-ring (bicyclic) bond motifs is 1. The van der Waals surface area contributed by atoms with Gasteiger partial charge in [0.1, 0.15) is 11.9 Å². The van der Waals surface area contributed by atoms with Gasteiger partial charge in [-0.1, -0.05) is 6.07 Å². The average Bonchev–Trinajstić information content (AvgIpc) is 2.42. The zero-order valence-electron chi connectivity index (χ0n) is 11.9. The van der Waals surface area contributed by atoms with E-state index in [4.69, 9.17) is 4.74 Å². The van der Waals surface area contributed by atoms with E-state index >= 15 is 0 Å². The fourth-order valence-corrected chi connectivity index (χ4v) is 2.12. The highest BCUT2D eigenvalue weighted by molar-refractivity contribution is 5.98. The van der Waals surface area contributed by atoms with E-state index in [1.54, 1.807) is 4.90 Å². The molecular formula is C14H19N3O3. The maximum absolute atomic E-state index is 12.2. The van der Waals surface area contributed by atoms with Gasteiger partial charge in [-0.25, -0.2) is 4.79 Å². The summed E-state index contributed by atoms with van der Waals surface area (Å²) in [7, 11) is 1.51. The molecule has 0 saturated carbocycles. The molecule has 108 valence electrons. The number of hydrogen-bond acceptors (Lipinski definition) is 3. The first-order chi connectivity index (χ1) is 9.51. The average molecular weight is 277 g/mol. The van der Waals surface area contributed by atoms with E-state index in [1.807, 2.05) is 32.0 Å². The Hall–Kier alpha value is -2.24. The Labute approximate surface area is 118 Å². The Morgan fingerprint density at radius 1 is 1.45 bits per heavy atom. The molecule has 0 saturated heterocycles. The van der Waals surface area contributed by atoms with E-state index in [2.05, 4.69) is 10.6 Å². The second kappa shape index (κ2) is 5.81. The molecule has 1 aromatic carbocycles. The van der Waals surface area contributed by atoms with Crippen molar-refractivity contribution < 1.29 is 14.3 Å². The molecule has 0 fully saturated rings. The molecule has 0 bridgehead atoms. The van der Waals surface area contributed by atoms with Gasteiger partial charge in [0.15, 0.2) is 0 Å². The highest BCUT2D eigenvalue weighted by Gasteiger charge is 2.27. The third-order valence-corrected chi connectivity index (χ3v) is 3.10. The zero-order valence-corrected chi connectivity index (χ0v) is 11.9. The van der Waals surface area contributed by atoms with Gasteiger partial charge in [0.25, 0.3) is 0 Å². The van der Waals surface area contributed by atoms with E-state index in [1.165, 1.54) is 7.05 Å². The Kier molecular flexibility index (Phi) is 4.12. The third kappa shape index (κ3) is 3.01. The summed E-state index contributed by atoms with van der Waals surface area (Å²) in [6, 6.07) is 5.35. The van der Waals surface area contributed by atoms with Gasteiger partial charge in [-0.3, -0.25) is 4.79 Å². The van der Waals surface area contributed by atoms with Gasteiger partial charge in [0.05, 0.1) is 18.8 Å². The van der Waals surface area contributed by atoms with Gasteiger partial charge in [-0.05, 0) is 31.5 Å². The van der Waals surface area contributed by atoms with Crippen molar-refractivity contribution in [2.24, 2.45) is 0 Å². The van der Waals surface area contributed by atoms with Crippen LogP contribution in [0.25, 0.3) is 0 Å². The van der Waals surface area contributed by atoms with Crippen LogP contribution in [-0.2, 0) is 4.79 Å². The smallest absolute Gasteiger partial charge is 0.314 e. The summed E-state index contributed by atoms with van der Waals surface area (Å²) in [5.41, 5.74) is 1.83. The number of rotatable bonds is 2. The Morgan fingerprint density at radius 2 is 2.20 bits per heavy atom. The van der Waals surface area contributed by atoms with Gasteiger partial charge < -0.3 is 20.3 Å². The number of aryl methyl sites for hydroxylation is 1. The largest absolute Gasteiger partial charge is 0.487 e. The first-order valence-corrected chi connectivity index (χ1v) is 6.54. The van der Waals surface area contributed by atoms with Crippen LogP contribution in [0.15, 0.2) is 18.2 Å². The predicted octanol–water partition coefficient (Wildman–Crippen LogP) is 1.04. The van der Waals surface area contributed by atoms with Crippen LogP contribution in [0, 0.1) is 6.92 Å². The monoisotopic (exact) mass is 277 g/mol. The maximum atomic E-state index is 12.2. The highest BCUT2D eigenvalue weighted by Crippen LogP contribution is 2.34. The van der Waals surface area contributed by atoms with Gasteiger partial charge in [0, 0.05) is 7.05 Å². The first kappa shape index (κ1) is 14.2. The second-order valence-corrected chi connectivity index (χ2v) is 4.84. The van der Waals surface area contributed by atoms with Crippen molar-refractivity contribution in [2.45, 2.75) is 20.0 Å². The summed E-state index contributed by atoms with van der Waals surface area (Å²) < 4.78 is 5.75. The number of urea groups is 1. The minimum atomic E-state index is -0.371. The number of ether oxygens (including phenoxy) is 1. The summed E-state index contributed by atoms with van der Waals surface area (Å²) in [5, 5.41) is 4.92. The van der Waals surface area contributed by atoms with Crippen LogP contribution in [0.5, 0.6) is 5.75 Å². The fourth-order valence-electron chi connectivity index (χ4n) is 2.12. The lowest BCUT2D eigenvalue weighted by molar-refractivity contribution is -0.118. The highest BCUT2D eigenvalue weighted by atomic mass is 16.5. The quantitative estimate of drug-likeness (QED) is 0.848. The Bertz CT molecular complexity index is 530. The summed E-state index contributed by atoms with van der Waals surface area (Å²) in [5.74, 6) is 0.547. The molecule has 20 heavy (non-hydrogen) atoms. The first-order valence-electron chi connectivity index (χ1n) is 6.54. The molecule has 0 spiro atoms. The van der Waals surface area contributed by atoms with Crippen molar-refractivity contribution >= 4 is 17.6 Å². The minimum absolute atomic E-state index is 0.0420. The number of carbonyl (C=O) groups excluding carboxylic acids is 2. The van der Waals surface area contributed by atoms with Crippen LogP contribution in [-0.4, -0.2) is 38.2 Å². The molecule has 3 amide bonds. The van der Waals surface area contributed by atoms with E-state index in [0.29, 0.717) is 12.3 Å². The van der Waals surface area contributed by atoms with Crippen molar-refractivity contribution in [3.05, 3.63) is 23.8 Å². The number of anilines is 1. The van der Waals surface area contributed by atoms with Crippen molar-refractivity contribution in [3.8, 4) is 5.75 Å². The molecule has 0 unspecified atom stereocenters. The molecule has 6 heteroatoms. The van der Waals surface area contributed by atoms with E-state index < -0.39 is 0 Å². The number of hydrogen-bond donors (Lipinski definition) is 2. The number of nitrogens with one attached hydrogen (secondary N) is 2. The molecule has 1 heterocycles. The summed E-state index contributed by atoms with van der Waals surface area (Å²) in [4.78, 5) is 25.0. The summed E-state index contributed by atoms with van der Waals surface area (Å²) in [6.45, 7) is 4.32. The van der Waals surface area contributed by atoms with Crippen LogP contribution in [0.2, 0.25) is 0 Å². The van der Waals surface area contributed by atoms with E-state index in [9.17, 15) is 9.59 Å². The van der Waals surface area contributed by atoms with E-state index in [0.717, 1.165) is 11.3 Å².